The maximum Gasteiger partial charge on any atom is 0.258 e. The molecule has 0 unspecified atom stereocenters. The van der Waals surface area contributed by atoms with E-state index in [0.717, 1.165) is 0 Å². The highest BCUT2D eigenvalue weighted by atomic mass is 16.2. The highest BCUT2D eigenvalue weighted by molar-refractivity contribution is 6.22. The summed E-state index contributed by atoms with van der Waals surface area (Å²) in [5.74, 6) is -0.323. The fourth-order valence-electron chi connectivity index (χ4n) is 1.37. The molecular weight excluding hydrogens is 166 g/mol. The van der Waals surface area contributed by atoms with Crippen LogP contribution in [0.25, 0.3) is 0 Å². The Morgan fingerprint density at radius 3 is 2.00 bits per heavy atom. The number of hydrogen-bond donors (Lipinski definition) is 1. The van der Waals surface area contributed by atoms with Crippen molar-refractivity contribution < 1.29 is 9.59 Å². The zero-order chi connectivity index (χ0) is 9.42. The van der Waals surface area contributed by atoms with Crippen LogP contribution in [0.1, 0.15) is 6.92 Å². The van der Waals surface area contributed by atoms with Crippen molar-refractivity contribution in [1.29, 1.82) is 0 Å². The van der Waals surface area contributed by atoms with Gasteiger partial charge in [-0.2, -0.15) is 0 Å². The van der Waals surface area contributed by atoms with Crippen LogP contribution in [0.2, 0.25) is 0 Å². The fourth-order valence-corrected chi connectivity index (χ4v) is 1.37. The molecule has 0 spiro atoms. The van der Waals surface area contributed by atoms with Crippen LogP contribution >= 0.6 is 0 Å². The largest absolute Gasteiger partial charge is 0.288 e. The van der Waals surface area contributed by atoms with E-state index < -0.39 is 0 Å². The second-order valence-corrected chi connectivity index (χ2v) is 3.19. The van der Waals surface area contributed by atoms with Gasteiger partial charge in [-0.05, 0) is 5.92 Å². The molecule has 2 aliphatic rings. The molecule has 2 amide bonds. The summed E-state index contributed by atoms with van der Waals surface area (Å²) in [6.07, 6.45) is 7.22. The molecule has 1 heterocycles. The van der Waals surface area contributed by atoms with Crippen molar-refractivity contribution in [3.8, 4) is 0 Å². The third kappa shape index (κ3) is 1.22. The normalized spacial score (nSPS) is 21.9. The predicted molar refractivity (Wildman–Crippen MR) is 47.6 cm³/mol. The van der Waals surface area contributed by atoms with Crippen LogP contribution in [-0.4, -0.2) is 11.8 Å². The average Bonchev–Trinajstić information content (AvgIpc) is 2.27. The Hall–Kier alpha value is -1.64. The van der Waals surface area contributed by atoms with Crippen LogP contribution in [0.4, 0.5) is 0 Å². The van der Waals surface area contributed by atoms with Gasteiger partial charge in [-0.1, -0.05) is 31.2 Å². The molecule has 0 aromatic rings. The van der Waals surface area contributed by atoms with Crippen LogP contribution in [0.15, 0.2) is 35.5 Å². The van der Waals surface area contributed by atoms with Crippen molar-refractivity contribution >= 4 is 11.8 Å². The van der Waals surface area contributed by atoms with E-state index in [2.05, 4.69) is 5.32 Å². The molecule has 13 heavy (non-hydrogen) atoms. The molecule has 1 aliphatic heterocycles. The Kier molecular flexibility index (Phi) is 1.65. The molecule has 66 valence electrons. The van der Waals surface area contributed by atoms with Gasteiger partial charge in [-0.15, -0.1) is 0 Å². The van der Waals surface area contributed by atoms with Crippen molar-refractivity contribution in [2.75, 3.05) is 0 Å². The van der Waals surface area contributed by atoms with Gasteiger partial charge in [0.2, 0.25) is 0 Å². The van der Waals surface area contributed by atoms with Gasteiger partial charge in [-0.25, -0.2) is 0 Å². The molecule has 0 aromatic carbocycles. The summed E-state index contributed by atoms with van der Waals surface area (Å²) in [5, 5.41) is 2.25. The SMILES string of the molecule is CC1C=CC2=C(C=C1)C(=O)NC2=O. The molecule has 1 aliphatic carbocycles. The van der Waals surface area contributed by atoms with Crippen molar-refractivity contribution in [3.05, 3.63) is 35.5 Å². The van der Waals surface area contributed by atoms with Gasteiger partial charge in [0.05, 0.1) is 11.1 Å². The van der Waals surface area contributed by atoms with Crippen molar-refractivity contribution in [3.63, 3.8) is 0 Å². The summed E-state index contributed by atoms with van der Waals surface area (Å²) in [5.41, 5.74) is 0.955. The minimum Gasteiger partial charge on any atom is -0.288 e. The second-order valence-electron chi connectivity index (χ2n) is 3.19. The Bertz CT molecular complexity index is 340. The number of rotatable bonds is 0. The van der Waals surface area contributed by atoms with E-state index in [0.29, 0.717) is 11.1 Å². The Morgan fingerprint density at radius 1 is 1.08 bits per heavy atom. The lowest BCUT2D eigenvalue weighted by atomic mass is 10.1. The first-order valence-electron chi connectivity index (χ1n) is 4.15. The highest BCUT2D eigenvalue weighted by Crippen LogP contribution is 2.20. The lowest BCUT2D eigenvalue weighted by Gasteiger charge is -1.94. The molecule has 0 bridgehead atoms. The standard InChI is InChI=1S/C10H9NO2/c1-6-2-4-7-8(5-3-6)10(13)11-9(7)12/h2-6H,1H3,(H,11,12,13). The van der Waals surface area contributed by atoms with E-state index in [-0.39, 0.29) is 17.7 Å². The number of amides is 2. The van der Waals surface area contributed by atoms with Gasteiger partial charge >= 0.3 is 0 Å². The first kappa shape index (κ1) is 7.98. The van der Waals surface area contributed by atoms with Crippen LogP contribution in [-0.2, 0) is 9.59 Å². The first-order valence-corrected chi connectivity index (χ1v) is 4.15. The van der Waals surface area contributed by atoms with Crippen LogP contribution < -0.4 is 5.32 Å². The predicted octanol–water partition coefficient (Wildman–Crippen LogP) is 0.701. The van der Waals surface area contributed by atoms with E-state index in [1.807, 2.05) is 19.1 Å². The second kappa shape index (κ2) is 2.69. The Balaban J connectivity index is 2.50. The van der Waals surface area contributed by atoms with Crippen molar-refractivity contribution in [2.45, 2.75) is 6.92 Å². The summed E-state index contributed by atoms with van der Waals surface area (Å²) in [6.45, 7) is 2.00. The lowest BCUT2D eigenvalue weighted by Crippen LogP contribution is -2.22. The van der Waals surface area contributed by atoms with Crippen molar-refractivity contribution in [2.24, 2.45) is 5.92 Å². The molecule has 0 saturated carbocycles. The number of carbonyl (C=O) groups excluding carboxylic acids is 2. The highest BCUT2D eigenvalue weighted by Gasteiger charge is 2.27. The summed E-state index contributed by atoms with van der Waals surface area (Å²) in [6, 6.07) is 0. The molecule has 0 fully saturated rings. The average molecular weight is 175 g/mol. The molecule has 0 saturated heterocycles. The number of imide groups is 1. The summed E-state index contributed by atoms with van der Waals surface area (Å²) in [4.78, 5) is 22.4. The maximum atomic E-state index is 11.2. The minimum atomic E-state index is -0.296. The van der Waals surface area contributed by atoms with E-state index in [1.54, 1.807) is 12.2 Å². The van der Waals surface area contributed by atoms with E-state index in [9.17, 15) is 9.59 Å². The molecule has 3 heteroatoms. The summed E-state index contributed by atoms with van der Waals surface area (Å²) >= 11 is 0. The van der Waals surface area contributed by atoms with Gasteiger partial charge in [-0.3, -0.25) is 14.9 Å². The number of carbonyl (C=O) groups is 2. The minimum absolute atomic E-state index is 0.270. The molecule has 1 N–H and O–H groups in total. The topological polar surface area (TPSA) is 46.2 Å². The van der Waals surface area contributed by atoms with Gasteiger partial charge in [0, 0.05) is 0 Å². The van der Waals surface area contributed by atoms with E-state index in [4.69, 9.17) is 0 Å². The van der Waals surface area contributed by atoms with Crippen LogP contribution in [0, 0.1) is 5.92 Å². The summed E-state index contributed by atoms with van der Waals surface area (Å²) < 4.78 is 0. The third-order valence-electron chi connectivity index (χ3n) is 2.14. The summed E-state index contributed by atoms with van der Waals surface area (Å²) in [7, 11) is 0. The number of allylic oxidation sites excluding steroid dienone is 2. The lowest BCUT2D eigenvalue weighted by molar-refractivity contribution is -0.123. The quantitative estimate of drug-likeness (QED) is 0.551. The molecule has 0 radical (unpaired) electrons. The molecule has 3 nitrogen and oxygen atoms in total. The first-order chi connectivity index (χ1) is 6.18. The maximum absolute atomic E-state index is 11.2. The van der Waals surface area contributed by atoms with Crippen LogP contribution in [0.3, 0.4) is 0 Å². The number of nitrogens with one attached hydrogen (secondary N) is 1. The van der Waals surface area contributed by atoms with Crippen molar-refractivity contribution in [1.82, 2.24) is 5.32 Å². The van der Waals surface area contributed by atoms with Gasteiger partial charge < -0.3 is 0 Å². The number of hydrogen-bond acceptors (Lipinski definition) is 2. The van der Waals surface area contributed by atoms with Gasteiger partial charge in [0.15, 0.2) is 0 Å². The molecule has 0 atom stereocenters. The van der Waals surface area contributed by atoms with Crippen LogP contribution in [0.5, 0.6) is 0 Å². The zero-order valence-electron chi connectivity index (χ0n) is 7.20. The zero-order valence-corrected chi connectivity index (χ0v) is 7.20. The Morgan fingerprint density at radius 2 is 1.54 bits per heavy atom. The molecule has 0 aromatic heterocycles. The van der Waals surface area contributed by atoms with Gasteiger partial charge in [0.25, 0.3) is 11.8 Å². The molecule has 2 rings (SSSR count). The third-order valence-corrected chi connectivity index (χ3v) is 2.14. The Labute approximate surface area is 75.8 Å². The molecular formula is C10H9NO2. The smallest absolute Gasteiger partial charge is 0.258 e. The van der Waals surface area contributed by atoms with Gasteiger partial charge in [0.1, 0.15) is 0 Å². The fraction of sp³-hybridized carbons (Fsp3) is 0.200. The van der Waals surface area contributed by atoms with E-state index >= 15 is 0 Å². The monoisotopic (exact) mass is 175 g/mol. The van der Waals surface area contributed by atoms with E-state index in [1.165, 1.54) is 0 Å².